The van der Waals surface area contributed by atoms with Crippen molar-refractivity contribution in [1.29, 1.82) is 0 Å². The third-order valence-electron chi connectivity index (χ3n) is 6.54. The molecule has 0 saturated heterocycles. The lowest BCUT2D eigenvalue weighted by molar-refractivity contribution is -0.138. The number of rotatable bonds is 11. The molecule has 0 atom stereocenters. The number of carbonyl (C=O) groups is 2. The van der Waals surface area contributed by atoms with E-state index in [1.54, 1.807) is 36.4 Å². The summed E-state index contributed by atoms with van der Waals surface area (Å²) >= 11 is 0. The third-order valence-corrected chi connectivity index (χ3v) is 6.54. The second kappa shape index (κ2) is 11.9. The highest BCUT2D eigenvalue weighted by Gasteiger charge is 2.24. The Hall–Kier alpha value is -4.59. The van der Waals surface area contributed by atoms with Crippen LogP contribution in [-0.4, -0.2) is 40.2 Å². The normalized spacial score (nSPS) is 12.6. The Bertz CT molecular complexity index is 1410. The molecule has 3 aromatic carbocycles. The lowest BCUT2D eigenvalue weighted by Gasteiger charge is -2.20. The number of benzene rings is 3. The van der Waals surface area contributed by atoms with E-state index in [4.69, 9.17) is 13.9 Å². The second-order valence-electron chi connectivity index (χ2n) is 9.59. The number of aryl methyl sites for hydroxylation is 1. The number of carboxylic acid groups (broad SMARTS) is 1. The van der Waals surface area contributed by atoms with Crippen molar-refractivity contribution in [2.24, 2.45) is 0 Å². The number of hydrogen-bond acceptors (Lipinski definition) is 6. The summed E-state index contributed by atoms with van der Waals surface area (Å²) in [6.07, 6.45) is 2.25. The van der Waals surface area contributed by atoms with E-state index in [2.05, 4.69) is 4.98 Å². The topological polar surface area (TPSA) is 102 Å². The summed E-state index contributed by atoms with van der Waals surface area (Å²) in [4.78, 5) is 29.9. The summed E-state index contributed by atoms with van der Waals surface area (Å²) in [6, 6.07) is 24.3. The number of amides is 1. The van der Waals surface area contributed by atoms with E-state index < -0.39 is 18.6 Å². The minimum atomic E-state index is -1.12. The molecular weight excluding hydrogens is 496 g/mol. The number of hydrogen-bond donors (Lipinski definition) is 1. The molecule has 5 rings (SSSR count). The maximum absolute atomic E-state index is 12.7. The first kappa shape index (κ1) is 26.0. The van der Waals surface area contributed by atoms with Crippen LogP contribution in [0.5, 0.6) is 11.5 Å². The van der Waals surface area contributed by atoms with Crippen LogP contribution < -0.4 is 9.47 Å². The van der Waals surface area contributed by atoms with Crippen molar-refractivity contribution in [2.45, 2.75) is 38.6 Å². The van der Waals surface area contributed by atoms with Gasteiger partial charge in [0.1, 0.15) is 23.8 Å². The quantitative estimate of drug-likeness (QED) is 0.247. The predicted octanol–water partition coefficient (Wildman–Crippen LogP) is 6.23. The molecule has 8 heteroatoms. The van der Waals surface area contributed by atoms with E-state index in [-0.39, 0.29) is 6.54 Å². The molecule has 1 aliphatic rings. The molecule has 8 nitrogen and oxygen atoms in total. The number of aliphatic carboxylic acids is 1. The lowest BCUT2D eigenvalue weighted by Crippen LogP contribution is -2.37. The molecule has 200 valence electrons. The van der Waals surface area contributed by atoms with Crippen LogP contribution in [0.1, 0.15) is 41.3 Å². The van der Waals surface area contributed by atoms with Gasteiger partial charge in [-0.3, -0.25) is 9.69 Å². The minimum Gasteiger partial charge on any atom is -0.493 e. The number of carboxylic acids is 1. The second-order valence-corrected chi connectivity index (χ2v) is 9.59. The number of ether oxygens (including phenoxy) is 2. The van der Waals surface area contributed by atoms with Crippen molar-refractivity contribution in [3.63, 3.8) is 0 Å². The summed E-state index contributed by atoms with van der Waals surface area (Å²) in [6.45, 7) is 1.92. The average molecular weight is 527 g/mol. The highest BCUT2D eigenvalue weighted by atomic mass is 16.6. The zero-order valence-corrected chi connectivity index (χ0v) is 21.7. The fourth-order valence-electron chi connectivity index (χ4n) is 4.28. The fraction of sp³-hybridized carbons (Fsp3) is 0.258. The Balaban J connectivity index is 1.14. The van der Waals surface area contributed by atoms with E-state index in [1.165, 1.54) is 18.4 Å². The van der Waals surface area contributed by atoms with Gasteiger partial charge in [-0.2, -0.15) is 0 Å². The Labute approximate surface area is 226 Å². The molecule has 1 saturated carbocycles. The minimum absolute atomic E-state index is 0.0893. The van der Waals surface area contributed by atoms with Gasteiger partial charge in [-0.25, -0.2) is 9.78 Å². The van der Waals surface area contributed by atoms with Crippen LogP contribution in [-0.2, 0) is 17.8 Å². The summed E-state index contributed by atoms with van der Waals surface area (Å²) < 4.78 is 17.1. The molecule has 1 aliphatic carbocycles. The molecule has 0 unspecified atom stereocenters. The lowest BCUT2D eigenvalue weighted by atomic mass is 10.1. The van der Waals surface area contributed by atoms with Gasteiger partial charge < -0.3 is 19.0 Å². The number of nitrogens with zero attached hydrogens (tertiary/aromatic N) is 2. The number of carbonyl (C=O) groups excluding carboxylic acids is 1. The van der Waals surface area contributed by atoms with Crippen LogP contribution >= 0.6 is 0 Å². The fourth-order valence-corrected chi connectivity index (χ4v) is 4.28. The van der Waals surface area contributed by atoms with Crippen LogP contribution in [0, 0.1) is 6.92 Å². The molecule has 0 radical (unpaired) electrons. The maximum Gasteiger partial charge on any atom is 0.416 e. The number of oxazole rings is 1. The molecule has 1 amide bonds. The highest BCUT2D eigenvalue weighted by molar-refractivity contribution is 5.78. The molecule has 1 heterocycles. The van der Waals surface area contributed by atoms with Gasteiger partial charge >= 0.3 is 12.1 Å². The van der Waals surface area contributed by atoms with Gasteiger partial charge in [-0.15, -0.1) is 0 Å². The van der Waals surface area contributed by atoms with Gasteiger partial charge in [0.05, 0.1) is 12.3 Å². The molecule has 0 spiro atoms. The smallest absolute Gasteiger partial charge is 0.416 e. The first-order chi connectivity index (χ1) is 18.9. The summed E-state index contributed by atoms with van der Waals surface area (Å²) in [7, 11) is 0. The van der Waals surface area contributed by atoms with Crippen LogP contribution in [0.15, 0.2) is 83.3 Å². The SMILES string of the molecule is Cc1oc(-c2ccccc2)nc1CCOc1ccc(CN(CC(=O)O)C(=O)Oc2ccc(C3CC3)cc2)cc1. The zero-order valence-electron chi connectivity index (χ0n) is 21.7. The van der Waals surface area contributed by atoms with Crippen LogP contribution in [0.2, 0.25) is 0 Å². The Morgan fingerprint density at radius 2 is 1.67 bits per heavy atom. The summed E-state index contributed by atoms with van der Waals surface area (Å²) in [5, 5.41) is 9.32. The van der Waals surface area contributed by atoms with Crippen molar-refractivity contribution in [3.8, 4) is 23.0 Å². The van der Waals surface area contributed by atoms with E-state index in [0.717, 1.165) is 27.5 Å². The van der Waals surface area contributed by atoms with E-state index >= 15 is 0 Å². The molecule has 1 N–H and O–H groups in total. The van der Waals surface area contributed by atoms with Crippen LogP contribution in [0.4, 0.5) is 4.79 Å². The highest BCUT2D eigenvalue weighted by Crippen LogP contribution is 2.40. The molecule has 1 fully saturated rings. The third kappa shape index (κ3) is 7.04. The van der Waals surface area contributed by atoms with Gasteiger partial charge in [-0.1, -0.05) is 42.5 Å². The van der Waals surface area contributed by atoms with Gasteiger partial charge in [-0.05, 0) is 73.2 Å². The van der Waals surface area contributed by atoms with Crippen molar-refractivity contribution in [1.82, 2.24) is 9.88 Å². The van der Waals surface area contributed by atoms with Crippen molar-refractivity contribution in [3.05, 3.63) is 101 Å². The Kier molecular flexibility index (Phi) is 7.91. The van der Waals surface area contributed by atoms with E-state index in [0.29, 0.717) is 36.3 Å². The molecule has 4 aromatic rings. The predicted molar refractivity (Wildman–Crippen MR) is 145 cm³/mol. The van der Waals surface area contributed by atoms with Crippen molar-refractivity contribution < 1.29 is 28.6 Å². The summed E-state index contributed by atoms with van der Waals surface area (Å²) in [5.41, 5.74) is 3.75. The average Bonchev–Trinajstić information content (AvgIpc) is 3.72. The largest absolute Gasteiger partial charge is 0.493 e. The molecule has 1 aromatic heterocycles. The number of aromatic nitrogens is 1. The van der Waals surface area contributed by atoms with E-state index in [1.807, 2.05) is 49.4 Å². The van der Waals surface area contributed by atoms with Gasteiger partial charge in [0.2, 0.25) is 5.89 Å². The van der Waals surface area contributed by atoms with Crippen LogP contribution in [0.3, 0.4) is 0 Å². The molecule has 39 heavy (non-hydrogen) atoms. The first-order valence-corrected chi connectivity index (χ1v) is 13.0. The monoisotopic (exact) mass is 526 g/mol. The van der Waals surface area contributed by atoms with Gasteiger partial charge in [0, 0.05) is 18.5 Å². The van der Waals surface area contributed by atoms with Crippen LogP contribution in [0.25, 0.3) is 11.5 Å². The van der Waals surface area contributed by atoms with Crippen molar-refractivity contribution >= 4 is 12.1 Å². The standard InChI is InChI=1S/C31H30N2O6/c1-21-28(32-30(38-21)25-5-3-2-4-6-25)17-18-37-26-13-7-22(8-14-26)19-33(20-29(34)35)31(36)39-27-15-11-24(12-16-27)23-9-10-23/h2-8,11-16,23H,9-10,17-20H2,1H3,(H,34,35). The van der Waals surface area contributed by atoms with Gasteiger partial charge in [0.15, 0.2) is 0 Å². The maximum atomic E-state index is 12.7. The molecule has 0 bridgehead atoms. The Morgan fingerprint density at radius 3 is 2.33 bits per heavy atom. The van der Waals surface area contributed by atoms with Gasteiger partial charge in [0.25, 0.3) is 0 Å². The van der Waals surface area contributed by atoms with E-state index in [9.17, 15) is 14.7 Å². The first-order valence-electron chi connectivity index (χ1n) is 13.0. The summed E-state index contributed by atoms with van der Waals surface area (Å²) in [5.74, 6) is 1.89. The van der Waals surface area contributed by atoms with Crippen molar-refractivity contribution in [2.75, 3.05) is 13.2 Å². The Morgan fingerprint density at radius 1 is 0.974 bits per heavy atom. The molecule has 0 aliphatic heterocycles. The molecular formula is C31H30N2O6. The zero-order chi connectivity index (χ0) is 27.2.